The van der Waals surface area contributed by atoms with Crippen molar-refractivity contribution < 1.29 is 9.47 Å². The summed E-state index contributed by atoms with van der Waals surface area (Å²) in [7, 11) is 0. The van der Waals surface area contributed by atoms with E-state index in [2.05, 4.69) is 14.8 Å². The van der Waals surface area contributed by atoms with Crippen molar-refractivity contribution in [2.75, 3.05) is 57.5 Å². The molecule has 3 aliphatic rings. The minimum Gasteiger partial charge on any atom is -0.381 e. The Morgan fingerprint density at radius 1 is 1.04 bits per heavy atom. The summed E-state index contributed by atoms with van der Waals surface area (Å²) < 4.78 is 12.1. The molecule has 8 heteroatoms. The number of thiazole rings is 1. The van der Waals surface area contributed by atoms with Crippen LogP contribution in [0.25, 0.3) is 10.3 Å². The standard InChI is InChI=1S/C19H25ClN4O2S/c20-16-9-15(24-3-7-26-8-4-24)18-19(21-16)22-17(27-18)12-23-10-14(11-23)13-1-5-25-6-2-13/h9,13-14H,1-8,10-12H2. The van der Waals surface area contributed by atoms with Crippen molar-refractivity contribution in [2.45, 2.75) is 19.4 Å². The molecule has 0 saturated carbocycles. The predicted molar refractivity (Wildman–Crippen MR) is 108 cm³/mol. The highest BCUT2D eigenvalue weighted by Crippen LogP contribution is 2.36. The van der Waals surface area contributed by atoms with Crippen molar-refractivity contribution >= 4 is 39.0 Å². The maximum Gasteiger partial charge on any atom is 0.174 e. The monoisotopic (exact) mass is 408 g/mol. The Balaban J connectivity index is 1.29. The fourth-order valence-electron chi connectivity index (χ4n) is 4.43. The minimum absolute atomic E-state index is 0.518. The average molecular weight is 409 g/mol. The number of nitrogens with zero attached hydrogens (tertiary/aromatic N) is 4. The van der Waals surface area contributed by atoms with Crippen LogP contribution in [0.5, 0.6) is 0 Å². The van der Waals surface area contributed by atoms with Crippen LogP contribution in [-0.2, 0) is 16.0 Å². The van der Waals surface area contributed by atoms with E-state index in [1.165, 1.54) is 25.9 Å². The second-order valence-electron chi connectivity index (χ2n) is 7.73. The molecule has 3 saturated heterocycles. The lowest BCUT2D eigenvalue weighted by Crippen LogP contribution is -2.50. The first-order valence-electron chi connectivity index (χ1n) is 9.85. The van der Waals surface area contributed by atoms with Crippen molar-refractivity contribution in [3.05, 3.63) is 16.2 Å². The molecule has 0 aromatic carbocycles. The van der Waals surface area contributed by atoms with Gasteiger partial charge in [-0.3, -0.25) is 4.90 Å². The van der Waals surface area contributed by atoms with E-state index in [4.69, 9.17) is 26.1 Å². The maximum atomic E-state index is 6.28. The van der Waals surface area contributed by atoms with E-state index in [0.717, 1.165) is 78.9 Å². The highest BCUT2D eigenvalue weighted by Gasteiger charge is 2.34. The summed E-state index contributed by atoms with van der Waals surface area (Å²) in [5.41, 5.74) is 1.94. The molecule has 146 valence electrons. The average Bonchev–Trinajstić information content (AvgIpc) is 3.07. The van der Waals surface area contributed by atoms with E-state index in [0.29, 0.717) is 5.15 Å². The van der Waals surface area contributed by atoms with Crippen molar-refractivity contribution in [3.8, 4) is 0 Å². The van der Waals surface area contributed by atoms with Crippen LogP contribution in [0.15, 0.2) is 6.07 Å². The fourth-order valence-corrected chi connectivity index (χ4v) is 5.71. The zero-order valence-corrected chi connectivity index (χ0v) is 17.0. The van der Waals surface area contributed by atoms with Gasteiger partial charge in [-0.2, -0.15) is 0 Å². The van der Waals surface area contributed by atoms with Crippen LogP contribution in [-0.4, -0.2) is 67.5 Å². The first-order chi connectivity index (χ1) is 13.3. The highest BCUT2D eigenvalue weighted by atomic mass is 35.5. The van der Waals surface area contributed by atoms with Gasteiger partial charge in [-0.1, -0.05) is 11.6 Å². The van der Waals surface area contributed by atoms with Crippen molar-refractivity contribution in [1.29, 1.82) is 0 Å². The summed E-state index contributed by atoms with van der Waals surface area (Å²) in [5, 5.41) is 1.66. The molecule has 27 heavy (non-hydrogen) atoms. The van der Waals surface area contributed by atoms with Crippen LogP contribution in [0.4, 0.5) is 5.69 Å². The minimum atomic E-state index is 0.518. The quantitative estimate of drug-likeness (QED) is 0.725. The number of aromatic nitrogens is 2. The van der Waals surface area contributed by atoms with Crippen molar-refractivity contribution in [1.82, 2.24) is 14.9 Å². The Morgan fingerprint density at radius 3 is 2.56 bits per heavy atom. The number of rotatable bonds is 4. The number of pyridine rings is 1. The number of anilines is 1. The Morgan fingerprint density at radius 2 is 1.78 bits per heavy atom. The number of halogens is 1. The summed E-state index contributed by atoms with van der Waals surface area (Å²) in [4.78, 5) is 14.1. The molecule has 5 heterocycles. The Kier molecular flexibility index (Phi) is 5.21. The number of ether oxygens (including phenoxy) is 2. The molecular formula is C19H25ClN4O2S. The number of fused-ring (bicyclic) bond motifs is 1. The molecule has 0 unspecified atom stereocenters. The molecule has 0 amide bonds. The molecule has 6 nitrogen and oxygen atoms in total. The van der Waals surface area contributed by atoms with Crippen molar-refractivity contribution in [3.63, 3.8) is 0 Å². The van der Waals surface area contributed by atoms with Crippen LogP contribution in [0.2, 0.25) is 5.15 Å². The van der Waals surface area contributed by atoms with E-state index in [1.54, 1.807) is 11.3 Å². The van der Waals surface area contributed by atoms with E-state index >= 15 is 0 Å². The molecule has 0 atom stereocenters. The first kappa shape index (κ1) is 18.1. The summed E-state index contributed by atoms with van der Waals surface area (Å²) >= 11 is 8.04. The van der Waals surface area contributed by atoms with Gasteiger partial charge in [0.2, 0.25) is 0 Å². The number of hydrogen-bond donors (Lipinski definition) is 0. The smallest absolute Gasteiger partial charge is 0.174 e. The van der Waals surface area contributed by atoms with E-state index in [1.807, 2.05) is 6.07 Å². The molecule has 3 aliphatic heterocycles. The van der Waals surface area contributed by atoms with Crippen LogP contribution in [0.1, 0.15) is 17.8 Å². The normalized spacial score (nSPS) is 23.1. The third-order valence-corrected chi connectivity index (χ3v) is 7.23. The van der Waals surface area contributed by atoms with Gasteiger partial charge in [-0.25, -0.2) is 9.97 Å². The highest BCUT2D eigenvalue weighted by molar-refractivity contribution is 7.19. The lowest BCUT2D eigenvalue weighted by atomic mass is 9.81. The van der Waals surface area contributed by atoms with Gasteiger partial charge in [0.05, 0.1) is 30.1 Å². The third-order valence-electron chi connectivity index (χ3n) is 5.98. The molecule has 2 aromatic rings. The molecule has 0 spiro atoms. The van der Waals surface area contributed by atoms with Gasteiger partial charge < -0.3 is 14.4 Å². The van der Waals surface area contributed by atoms with Crippen LogP contribution < -0.4 is 4.90 Å². The molecule has 5 rings (SSSR count). The number of likely N-dealkylation sites (tertiary alicyclic amines) is 1. The first-order valence-corrected chi connectivity index (χ1v) is 11.0. The van der Waals surface area contributed by atoms with Gasteiger partial charge in [-0.05, 0) is 24.7 Å². The SMILES string of the molecule is Clc1cc(N2CCOCC2)c2sc(CN3CC(C4CCOCC4)C3)nc2n1. The summed E-state index contributed by atoms with van der Waals surface area (Å²) in [5.74, 6) is 1.68. The lowest BCUT2D eigenvalue weighted by molar-refractivity contribution is -0.0104. The largest absolute Gasteiger partial charge is 0.381 e. The lowest BCUT2D eigenvalue weighted by Gasteiger charge is -2.44. The van der Waals surface area contributed by atoms with Gasteiger partial charge in [0, 0.05) is 45.5 Å². The molecule has 0 aliphatic carbocycles. The number of hydrogen-bond acceptors (Lipinski definition) is 7. The van der Waals surface area contributed by atoms with E-state index < -0.39 is 0 Å². The molecule has 2 aromatic heterocycles. The van der Waals surface area contributed by atoms with Crippen molar-refractivity contribution in [2.24, 2.45) is 11.8 Å². The zero-order valence-electron chi connectivity index (χ0n) is 15.4. The van der Waals surface area contributed by atoms with Gasteiger partial charge in [-0.15, -0.1) is 11.3 Å². The molecular weight excluding hydrogens is 384 g/mol. The molecule has 0 bridgehead atoms. The Bertz CT molecular complexity index is 798. The third kappa shape index (κ3) is 3.80. The van der Waals surface area contributed by atoms with Crippen LogP contribution >= 0.6 is 22.9 Å². The zero-order chi connectivity index (χ0) is 18.2. The van der Waals surface area contributed by atoms with Gasteiger partial charge >= 0.3 is 0 Å². The van der Waals surface area contributed by atoms with Crippen LogP contribution in [0.3, 0.4) is 0 Å². The van der Waals surface area contributed by atoms with Gasteiger partial charge in [0.15, 0.2) is 5.65 Å². The van der Waals surface area contributed by atoms with E-state index in [-0.39, 0.29) is 0 Å². The summed E-state index contributed by atoms with van der Waals surface area (Å²) in [6, 6.07) is 1.97. The van der Waals surface area contributed by atoms with E-state index in [9.17, 15) is 0 Å². The molecule has 0 radical (unpaired) electrons. The number of morpholine rings is 1. The van der Waals surface area contributed by atoms with Gasteiger partial charge in [0.25, 0.3) is 0 Å². The Labute approximate surface area is 168 Å². The predicted octanol–water partition coefficient (Wildman–Crippen LogP) is 3.04. The summed E-state index contributed by atoms with van der Waals surface area (Å²) in [6.07, 6.45) is 2.45. The summed E-state index contributed by atoms with van der Waals surface area (Å²) in [6.45, 7) is 8.47. The van der Waals surface area contributed by atoms with Crippen LogP contribution in [0, 0.1) is 11.8 Å². The fraction of sp³-hybridized carbons (Fsp3) is 0.684. The topological polar surface area (TPSA) is 50.7 Å². The Hall–Kier alpha value is -0.990. The second kappa shape index (κ2) is 7.79. The molecule has 3 fully saturated rings. The second-order valence-corrected chi connectivity index (χ2v) is 9.20. The van der Waals surface area contributed by atoms with Gasteiger partial charge in [0.1, 0.15) is 10.2 Å². The maximum absolute atomic E-state index is 6.28. The molecule has 0 N–H and O–H groups in total.